The van der Waals surface area contributed by atoms with Gasteiger partial charge in [-0.1, -0.05) is 36.4 Å². The number of hydrogen-bond acceptors (Lipinski definition) is 4. The number of fused-ring (bicyclic) bond motifs is 2. The molecule has 0 aliphatic carbocycles. The largest absolute Gasteiger partial charge is 0.496 e. The smallest absolute Gasteiger partial charge is 0.140 e. The van der Waals surface area contributed by atoms with Crippen LogP contribution in [0.5, 0.6) is 5.75 Å². The van der Waals surface area contributed by atoms with Crippen LogP contribution in [-0.2, 0) is 6.54 Å². The molecule has 25 heavy (non-hydrogen) atoms. The van der Waals surface area contributed by atoms with Gasteiger partial charge in [0.15, 0.2) is 0 Å². The first-order valence-corrected chi connectivity index (χ1v) is 7.95. The number of methoxy groups -OCH3 is 1. The summed E-state index contributed by atoms with van der Waals surface area (Å²) >= 11 is 0. The lowest BCUT2D eigenvalue weighted by Gasteiger charge is -2.14. The molecule has 0 amide bonds. The van der Waals surface area contributed by atoms with E-state index in [1.54, 1.807) is 19.2 Å². The number of anilines is 1. The van der Waals surface area contributed by atoms with Crippen LogP contribution in [0.1, 0.15) is 5.56 Å². The van der Waals surface area contributed by atoms with Crippen LogP contribution in [0.15, 0.2) is 60.9 Å². The van der Waals surface area contributed by atoms with E-state index in [2.05, 4.69) is 21.4 Å². The highest BCUT2D eigenvalue weighted by molar-refractivity contribution is 5.90. The number of ether oxygens (including phenoxy) is 1. The van der Waals surface area contributed by atoms with Crippen LogP contribution in [-0.4, -0.2) is 17.1 Å². The van der Waals surface area contributed by atoms with Gasteiger partial charge in [0.2, 0.25) is 0 Å². The van der Waals surface area contributed by atoms with Gasteiger partial charge in [0, 0.05) is 12.1 Å². The van der Waals surface area contributed by atoms with Gasteiger partial charge in [0.05, 0.1) is 18.0 Å². The second-order valence-corrected chi connectivity index (χ2v) is 5.68. The van der Waals surface area contributed by atoms with Crippen molar-refractivity contribution in [1.29, 1.82) is 0 Å². The van der Waals surface area contributed by atoms with E-state index in [0.717, 1.165) is 22.1 Å². The van der Waals surface area contributed by atoms with Gasteiger partial charge in [0.1, 0.15) is 23.7 Å². The van der Waals surface area contributed by atoms with E-state index in [4.69, 9.17) is 4.74 Å². The summed E-state index contributed by atoms with van der Waals surface area (Å²) in [5, 5.41) is 5.85. The third kappa shape index (κ3) is 2.74. The monoisotopic (exact) mass is 333 g/mol. The van der Waals surface area contributed by atoms with Gasteiger partial charge in [-0.2, -0.15) is 0 Å². The van der Waals surface area contributed by atoms with Gasteiger partial charge in [-0.3, -0.25) is 0 Å². The van der Waals surface area contributed by atoms with Crippen molar-refractivity contribution in [2.45, 2.75) is 6.54 Å². The molecule has 0 aliphatic heterocycles. The average molecular weight is 333 g/mol. The zero-order valence-electron chi connectivity index (χ0n) is 13.7. The Morgan fingerprint density at radius 1 is 1.00 bits per heavy atom. The van der Waals surface area contributed by atoms with Crippen LogP contribution >= 0.6 is 0 Å². The maximum absolute atomic E-state index is 14.2. The lowest BCUT2D eigenvalue weighted by Crippen LogP contribution is -2.05. The van der Waals surface area contributed by atoms with Gasteiger partial charge in [0.25, 0.3) is 0 Å². The molecule has 1 N–H and O–H groups in total. The Morgan fingerprint density at radius 2 is 1.88 bits per heavy atom. The molecule has 4 aromatic rings. The van der Waals surface area contributed by atoms with Gasteiger partial charge < -0.3 is 10.1 Å². The number of nitrogens with one attached hydrogen (secondary N) is 1. The molecule has 0 atom stereocenters. The first-order chi connectivity index (χ1) is 12.3. The van der Waals surface area contributed by atoms with Gasteiger partial charge in [-0.25, -0.2) is 14.4 Å². The Kier molecular flexibility index (Phi) is 3.90. The molecule has 0 unspecified atom stereocenters. The predicted molar refractivity (Wildman–Crippen MR) is 97.3 cm³/mol. The Balaban J connectivity index is 1.77. The lowest BCUT2D eigenvalue weighted by atomic mass is 10.0. The van der Waals surface area contributed by atoms with Crippen LogP contribution < -0.4 is 10.1 Å². The summed E-state index contributed by atoms with van der Waals surface area (Å²) in [7, 11) is 1.65. The van der Waals surface area contributed by atoms with E-state index in [-0.39, 0.29) is 5.82 Å². The Labute approximate surface area is 144 Å². The molecule has 4 rings (SSSR count). The van der Waals surface area contributed by atoms with E-state index in [1.807, 2.05) is 30.3 Å². The van der Waals surface area contributed by atoms with E-state index in [0.29, 0.717) is 23.3 Å². The van der Waals surface area contributed by atoms with Crippen molar-refractivity contribution in [2.75, 3.05) is 12.4 Å². The Bertz CT molecular complexity index is 1060. The van der Waals surface area contributed by atoms with E-state index >= 15 is 0 Å². The van der Waals surface area contributed by atoms with Crippen molar-refractivity contribution < 1.29 is 9.13 Å². The van der Waals surface area contributed by atoms with Crippen molar-refractivity contribution in [2.24, 2.45) is 0 Å². The Hall–Kier alpha value is -3.21. The molecule has 4 nitrogen and oxygen atoms in total. The highest BCUT2D eigenvalue weighted by Crippen LogP contribution is 2.29. The van der Waals surface area contributed by atoms with Crippen LogP contribution in [0.3, 0.4) is 0 Å². The van der Waals surface area contributed by atoms with Gasteiger partial charge in [-0.05, 0) is 29.0 Å². The molecule has 0 saturated carbocycles. The average Bonchev–Trinajstić information content (AvgIpc) is 2.66. The van der Waals surface area contributed by atoms with Crippen molar-refractivity contribution in [3.8, 4) is 5.75 Å². The summed E-state index contributed by atoms with van der Waals surface area (Å²) in [6.45, 7) is 0.463. The van der Waals surface area contributed by atoms with Crippen LogP contribution in [0.25, 0.3) is 21.7 Å². The van der Waals surface area contributed by atoms with E-state index in [1.165, 1.54) is 12.4 Å². The summed E-state index contributed by atoms with van der Waals surface area (Å²) in [5.74, 6) is 0.911. The molecule has 0 fully saturated rings. The molecule has 3 aromatic carbocycles. The van der Waals surface area contributed by atoms with Gasteiger partial charge in [-0.15, -0.1) is 0 Å². The summed E-state index contributed by atoms with van der Waals surface area (Å²) in [6, 6.07) is 16.9. The van der Waals surface area contributed by atoms with Crippen LogP contribution in [0.4, 0.5) is 10.2 Å². The molecule has 1 heterocycles. The minimum atomic E-state index is -0.342. The number of benzene rings is 3. The van der Waals surface area contributed by atoms with Crippen molar-refractivity contribution in [3.05, 3.63) is 72.3 Å². The first kappa shape index (κ1) is 15.3. The van der Waals surface area contributed by atoms with Crippen molar-refractivity contribution in [3.63, 3.8) is 0 Å². The maximum atomic E-state index is 14.2. The number of halogens is 1. The topological polar surface area (TPSA) is 47.0 Å². The Morgan fingerprint density at radius 3 is 2.76 bits per heavy atom. The minimum Gasteiger partial charge on any atom is -0.496 e. The lowest BCUT2D eigenvalue weighted by molar-refractivity contribution is 0.411. The van der Waals surface area contributed by atoms with Crippen LogP contribution in [0, 0.1) is 5.82 Å². The number of aromatic nitrogens is 2. The highest BCUT2D eigenvalue weighted by Gasteiger charge is 2.12. The molecule has 5 heteroatoms. The fourth-order valence-electron chi connectivity index (χ4n) is 3.06. The summed E-state index contributed by atoms with van der Waals surface area (Å²) in [5.41, 5.74) is 1.58. The van der Waals surface area contributed by atoms with Gasteiger partial charge >= 0.3 is 0 Å². The molecule has 1 aromatic heterocycles. The zero-order chi connectivity index (χ0) is 17.2. The maximum Gasteiger partial charge on any atom is 0.140 e. The number of nitrogens with zero attached hydrogens (tertiary/aromatic N) is 2. The van der Waals surface area contributed by atoms with E-state index < -0.39 is 0 Å². The molecular formula is C20H16FN3O. The molecule has 0 aliphatic rings. The third-order valence-electron chi connectivity index (χ3n) is 4.26. The predicted octanol–water partition coefficient (Wildman–Crippen LogP) is 4.54. The molecule has 0 saturated heterocycles. The second-order valence-electron chi connectivity index (χ2n) is 5.68. The summed E-state index contributed by atoms with van der Waals surface area (Å²) in [6.07, 6.45) is 1.43. The number of hydrogen-bond donors (Lipinski definition) is 1. The molecule has 0 radical (unpaired) electrons. The normalized spacial score (nSPS) is 11.0. The first-order valence-electron chi connectivity index (χ1n) is 7.95. The van der Waals surface area contributed by atoms with Crippen LogP contribution in [0.2, 0.25) is 0 Å². The fourth-order valence-corrected chi connectivity index (χ4v) is 3.06. The highest BCUT2D eigenvalue weighted by atomic mass is 19.1. The molecule has 0 bridgehead atoms. The summed E-state index contributed by atoms with van der Waals surface area (Å²) < 4.78 is 19.7. The van der Waals surface area contributed by atoms with Crippen molar-refractivity contribution >= 4 is 27.5 Å². The zero-order valence-corrected chi connectivity index (χ0v) is 13.7. The SMILES string of the molecule is COc1ccc2ccccc2c1CNc1ncnc2cccc(F)c12. The minimum absolute atomic E-state index is 0.342. The molecular weight excluding hydrogens is 317 g/mol. The quantitative estimate of drug-likeness (QED) is 0.595. The summed E-state index contributed by atoms with van der Waals surface area (Å²) in [4.78, 5) is 8.34. The molecule has 124 valence electrons. The van der Waals surface area contributed by atoms with Crippen molar-refractivity contribution in [1.82, 2.24) is 9.97 Å². The standard InChI is InChI=1S/C20H16FN3O/c1-25-18-10-9-13-5-2-3-6-14(13)15(18)11-22-20-19-16(21)7-4-8-17(19)23-12-24-20/h2-10,12H,11H2,1H3,(H,22,23,24). The second kappa shape index (κ2) is 6.36. The van der Waals surface area contributed by atoms with E-state index in [9.17, 15) is 4.39 Å². The fraction of sp³-hybridized carbons (Fsp3) is 0.100. The third-order valence-corrected chi connectivity index (χ3v) is 4.26. The molecule has 0 spiro atoms. The number of rotatable bonds is 4.